The molecular weight excluding hydrogens is 307 g/mol. The van der Waals surface area contributed by atoms with Crippen molar-refractivity contribution in [2.45, 2.75) is 26.2 Å². The lowest BCUT2D eigenvalue weighted by atomic mass is 10.1. The minimum absolute atomic E-state index is 0.206. The van der Waals surface area contributed by atoms with Crippen molar-refractivity contribution in [1.29, 1.82) is 0 Å². The summed E-state index contributed by atoms with van der Waals surface area (Å²) in [5.74, 6) is 0.962. The third-order valence-corrected chi connectivity index (χ3v) is 4.10. The van der Waals surface area contributed by atoms with E-state index in [1.54, 1.807) is 25.1 Å². The Kier molecular flexibility index (Phi) is 5.03. The maximum Gasteiger partial charge on any atom is 0.270 e. The molecule has 5 nitrogen and oxygen atoms in total. The lowest BCUT2D eigenvalue weighted by Gasteiger charge is -2.17. The molecule has 1 fully saturated rings. The normalized spacial score (nSPS) is 14.0. The molecule has 1 saturated heterocycles. The molecule has 0 aliphatic carbocycles. The lowest BCUT2D eigenvalue weighted by molar-refractivity contribution is 0.0948. The Bertz CT molecular complexity index is 711. The number of benzene rings is 1. The molecule has 1 aromatic carbocycles. The quantitative estimate of drug-likeness (QED) is 0.916. The van der Waals surface area contributed by atoms with Crippen LogP contribution in [-0.4, -0.2) is 35.5 Å². The van der Waals surface area contributed by atoms with Gasteiger partial charge in [0.1, 0.15) is 23.2 Å². The molecule has 126 valence electrons. The molecule has 0 radical (unpaired) electrons. The molecule has 3 rings (SSSR count). The number of hydrogen-bond acceptors (Lipinski definition) is 4. The van der Waals surface area contributed by atoms with E-state index in [-0.39, 0.29) is 11.7 Å². The van der Waals surface area contributed by atoms with Gasteiger partial charge in [-0.2, -0.15) is 0 Å². The molecule has 1 N–H and O–H groups in total. The second-order valence-electron chi connectivity index (χ2n) is 5.99. The highest BCUT2D eigenvalue weighted by Crippen LogP contribution is 2.18. The fourth-order valence-electron chi connectivity index (χ4n) is 2.84. The van der Waals surface area contributed by atoms with E-state index in [1.165, 1.54) is 12.1 Å². The summed E-state index contributed by atoms with van der Waals surface area (Å²) in [5.41, 5.74) is 1.37. The molecule has 6 heteroatoms. The van der Waals surface area contributed by atoms with E-state index < -0.39 is 0 Å². The van der Waals surface area contributed by atoms with E-state index in [0.717, 1.165) is 37.3 Å². The number of aryl methyl sites for hydroxylation is 1. The van der Waals surface area contributed by atoms with Crippen LogP contribution in [0.3, 0.4) is 0 Å². The van der Waals surface area contributed by atoms with Crippen molar-refractivity contribution in [2.24, 2.45) is 0 Å². The van der Waals surface area contributed by atoms with Gasteiger partial charge < -0.3 is 10.2 Å². The van der Waals surface area contributed by atoms with Gasteiger partial charge in [-0.05, 0) is 43.9 Å². The standard InChI is InChI=1S/C18H21FN4O/c1-13-21-16(12-17(22-13)23-10-2-3-11-23)18(24)20-9-8-14-4-6-15(19)7-5-14/h4-7,12H,2-3,8-11H2,1H3,(H,20,24). The number of carbonyl (C=O) groups is 1. The number of aromatic nitrogens is 2. The Morgan fingerprint density at radius 2 is 1.92 bits per heavy atom. The van der Waals surface area contributed by atoms with E-state index in [9.17, 15) is 9.18 Å². The van der Waals surface area contributed by atoms with Gasteiger partial charge in [0.15, 0.2) is 0 Å². The second-order valence-corrected chi connectivity index (χ2v) is 5.99. The van der Waals surface area contributed by atoms with Crippen molar-refractivity contribution in [3.05, 3.63) is 53.2 Å². The van der Waals surface area contributed by atoms with Crippen LogP contribution in [0.2, 0.25) is 0 Å². The van der Waals surface area contributed by atoms with Crippen LogP contribution in [0.4, 0.5) is 10.2 Å². The SMILES string of the molecule is Cc1nc(C(=O)NCCc2ccc(F)cc2)cc(N2CCCC2)n1. The highest BCUT2D eigenvalue weighted by Gasteiger charge is 2.17. The van der Waals surface area contributed by atoms with Gasteiger partial charge in [-0.15, -0.1) is 0 Å². The molecule has 0 spiro atoms. The minimum atomic E-state index is -0.256. The van der Waals surface area contributed by atoms with Crippen molar-refractivity contribution >= 4 is 11.7 Å². The number of nitrogens with one attached hydrogen (secondary N) is 1. The predicted octanol–water partition coefficient (Wildman–Crippen LogP) is 2.50. The van der Waals surface area contributed by atoms with Crippen LogP contribution in [0.1, 0.15) is 34.7 Å². The fraction of sp³-hybridized carbons (Fsp3) is 0.389. The molecule has 0 unspecified atom stereocenters. The van der Waals surface area contributed by atoms with Crippen molar-refractivity contribution in [1.82, 2.24) is 15.3 Å². The van der Waals surface area contributed by atoms with Crippen LogP contribution < -0.4 is 10.2 Å². The topological polar surface area (TPSA) is 58.1 Å². The third-order valence-electron chi connectivity index (χ3n) is 4.10. The van der Waals surface area contributed by atoms with Crippen LogP contribution in [0, 0.1) is 12.7 Å². The van der Waals surface area contributed by atoms with E-state index in [2.05, 4.69) is 20.2 Å². The highest BCUT2D eigenvalue weighted by molar-refractivity contribution is 5.92. The zero-order valence-corrected chi connectivity index (χ0v) is 13.8. The molecule has 0 bridgehead atoms. The minimum Gasteiger partial charge on any atom is -0.356 e. The van der Waals surface area contributed by atoms with Gasteiger partial charge in [0.05, 0.1) is 0 Å². The molecule has 2 aromatic rings. The smallest absolute Gasteiger partial charge is 0.270 e. The first-order valence-electron chi connectivity index (χ1n) is 8.25. The van der Waals surface area contributed by atoms with Crippen molar-refractivity contribution in [3.63, 3.8) is 0 Å². The van der Waals surface area contributed by atoms with E-state index >= 15 is 0 Å². The summed E-state index contributed by atoms with van der Waals surface area (Å²) in [6.45, 7) is 4.23. The number of amides is 1. The average Bonchev–Trinajstić information content (AvgIpc) is 3.10. The lowest BCUT2D eigenvalue weighted by Crippen LogP contribution is -2.28. The summed E-state index contributed by atoms with van der Waals surface area (Å²) < 4.78 is 12.9. The number of carbonyl (C=O) groups excluding carboxylic acids is 1. The van der Waals surface area contributed by atoms with Crippen LogP contribution >= 0.6 is 0 Å². The van der Waals surface area contributed by atoms with E-state index in [1.807, 2.05) is 0 Å². The van der Waals surface area contributed by atoms with Crippen LogP contribution in [0.5, 0.6) is 0 Å². The summed E-state index contributed by atoms with van der Waals surface area (Å²) in [5, 5.41) is 2.87. The maximum atomic E-state index is 12.9. The highest BCUT2D eigenvalue weighted by atomic mass is 19.1. The molecule has 24 heavy (non-hydrogen) atoms. The van der Waals surface area contributed by atoms with Crippen molar-refractivity contribution in [3.8, 4) is 0 Å². The van der Waals surface area contributed by atoms with Gasteiger partial charge in [0.2, 0.25) is 0 Å². The van der Waals surface area contributed by atoms with E-state index in [4.69, 9.17) is 0 Å². The third kappa shape index (κ3) is 4.07. The Morgan fingerprint density at radius 3 is 2.62 bits per heavy atom. The molecule has 1 aliphatic rings. The molecule has 2 heterocycles. The Labute approximate surface area is 140 Å². The zero-order valence-electron chi connectivity index (χ0n) is 13.8. The van der Waals surface area contributed by atoms with Gasteiger partial charge in [-0.1, -0.05) is 12.1 Å². The second kappa shape index (κ2) is 7.38. The number of halogens is 1. The summed E-state index contributed by atoms with van der Waals surface area (Å²) in [4.78, 5) is 23.2. The van der Waals surface area contributed by atoms with Crippen LogP contribution in [0.15, 0.2) is 30.3 Å². The summed E-state index contributed by atoms with van der Waals surface area (Å²) in [7, 11) is 0. The molecule has 0 saturated carbocycles. The molecule has 1 aliphatic heterocycles. The fourth-order valence-corrected chi connectivity index (χ4v) is 2.84. The molecular formula is C18H21FN4O. The molecule has 1 amide bonds. The van der Waals surface area contributed by atoms with E-state index in [0.29, 0.717) is 24.5 Å². The average molecular weight is 328 g/mol. The van der Waals surface area contributed by atoms with Crippen molar-refractivity contribution in [2.75, 3.05) is 24.5 Å². The molecule has 1 aromatic heterocycles. The van der Waals surface area contributed by atoms with Gasteiger partial charge in [-0.25, -0.2) is 14.4 Å². The van der Waals surface area contributed by atoms with Crippen molar-refractivity contribution < 1.29 is 9.18 Å². The molecule has 0 atom stereocenters. The van der Waals surface area contributed by atoms with Crippen LogP contribution in [0.25, 0.3) is 0 Å². The number of rotatable bonds is 5. The number of hydrogen-bond donors (Lipinski definition) is 1. The Hall–Kier alpha value is -2.50. The largest absolute Gasteiger partial charge is 0.356 e. The Morgan fingerprint density at radius 1 is 1.21 bits per heavy atom. The van der Waals surface area contributed by atoms with Gasteiger partial charge in [-0.3, -0.25) is 4.79 Å². The first-order chi connectivity index (χ1) is 11.6. The summed E-state index contributed by atoms with van der Waals surface area (Å²) in [6.07, 6.45) is 2.96. The number of nitrogens with zero attached hydrogens (tertiary/aromatic N) is 3. The van der Waals surface area contributed by atoms with Crippen LogP contribution in [-0.2, 0) is 6.42 Å². The summed E-state index contributed by atoms with van der Waals surface area (Å²) >= 11 is 0. The first kappa shape index (κ1) is 16.4. The zero-order chi connectivity index (χ0) is 16.9. The first-order valence-corrected chi connectivity index (χ1v) is 8.25. The van der Waals surface area contributed by atoms with Gasteiger partial charge in [0.25, 0.3) is 5.91 Å². The van der Waals surface area contributed by atoms with Gasteiger partial charge >= 0.3 is 0 Å². The summed E-state index contributed by atoms with van der Waals surface area (Å²) in [6, 6.07) is 8.05. The Balaban J connectivity index is 1.60. The maximum absolute atomic E-state index is 12.9. The number of anilines is 1. The predicted molar refractivity (Wildman–Crippen MR) is 90.7 cm³/mol. The van der Waals surface area contributed by atoms with Gasteiger partial charge in [0, 0.05) is 25.7 Å². The monoisotopic (exact) mass is 328 g/mol.